The van der Waals surface area contributed by atoms with Crippen LogP contribution in [0, 0.1) is 29.1 Å². The van der Waals surface area contributed by atoms with Crippen molar-refractivity contribution in [3.8, 4) is 22.9 Å². The van der Waals surface area contributed by atoms with E-state index in [2.05, 4.69) is 44.5 Å². The Kier molecular flexibility index (Phi) is 9.34. The number of anilines is 1. The van der Waals surface area contributed by atoms with Crippen molar-refractivity contribution in [3.63, 3.8) is 0 Å². The summed E-state index contributed by atoms with van der Waals surface area (Å²) in [7, 11) is 1.55. The minimum absolute atomic E-state index is 0.0726. The molecule has 0 radical (unpaired) electrons. The molecule has 3 aromatic rings. The summed E-state index contributed by atoms with van der Waals surface area (Å²) >= 11 is 0. The van der Waals surface area contributed by atoms with Gasteiger partial charge in [0.05, 0.1) is 19.3 Å². The van der Waals surface area contributed by atoms with Crippen molar-refractivity contribution in [1.29, 1.82) is 5.26 Å². The first-order valence-corrected chi connectivity index (χ1v) is 16.3. The first-order chi connectivity index (χ1) is 21.9. The third-order valence-electron chi connectivity index (χ3n) is 9.93. The van der Waals surface area contributed by atoms with Gasteiger partial charge < -0.3 is 20.1 Å². The first-order valence-electron chi connectivity index (χ1n) is 16.3. The lowest BCUT2D eigenvalue weighted by atomic mass is 9.79. The van der Waals surface area contributed by atoms with Gasteiger partial charge in [0.15, 0.2) is 11.4 Å². The number of nitriles is 1. The number of carbonyl (C=O) groups is 2. The fourth-order valence-corrected chi connectivity index (χ4v) is 7.10. The Morgan fingerprint density at radius 3 is 2.47 bits per heavy atom. The number of hydrogen-bond acceptors (Lipinski definition) is 6. The van der Waals surface area contributed by atoms with E-state index in [9.17, 15) is 14.9 Å². The van der Waals surface area contributed by atoms with Crippen molar-refractivity contribution in [2.75, 3.05) is 25.1 Å². The number of nitrogens with one attached hydrogen (secondary N) is 1. The Labute approximate surface area is 264 Å². The van der Waals surface area contributed by atoms with E-state index in [1.807, 2.05) is 35.4 Å². The summed E-state index contributed by atoms with van der Waals surface area (Å²) in [6, 6.07) is 14.8. The van der Waals surface area contributed by atoms with E-state index in [0.29, 0.717) is 36.5 Å². The van der Waals surface area contributed by atoms with Gasteiger partial charge in [-0.3, -0.25) is 9.48 Å². The van der Waals surface area contributed by atoms with Crippen molar-refractivity contribution in [1.82, 2.24) is 20.1 Å². The third-order valence-corrected chi connectivity index (χ3v) is 9.93. The van der Waals surface area contributed by atoms with Gasteiger partial charge in [-0.1, -0.05) is 12.1 Å². The summed E-state index contributed by atoms with van der Waals surface area (Å²) in [6.07, 6.45) is 12.5. The molecule has 0 saturated heterocycles. The van der Waals surface area contributed by atoms with Gasteiger partial charge in [-0.15, -0.1) is 0 Å². The van der Waals surface area contributed by atoms with Crippen LogP contribution in [-0.4, -0.2) is 52.1 Å². The lowest BCUT2D eigenvalue weighted by Gasteiger charge is -2.36. The standard InChI is InChI=1S/C35H42N6O4/c1-45-33-16-15-31(39-32(33)18-36)25-9-7-24(8-10-25)21-40(34(42)26-11-5-23(6-12-26)19-37-35(43)44)30-4-2-3-27(17-30)28-20-38-41(22-28)29-13-14-29/h2-4,15-17,20,22-26,29,37H,5-14,19,21H2,1H3,(H,43,44). The second-order valence-corrected chi connectivity index (χ2v) is 13.0. The van der Waals surface area contributed by atoms with Gasteiger partial charge in [0, 0.05) is 48.1 Å². The molecule has 0 bridgehead atoms. The number of nitrogens with zero attached hydrogens (tertiary/aromatic N) is 5. The minimum Gasteiger partial charge on any atom is -0.494 e. The second-order valence-electron chi connectivity index (χ2n) is 13.0. The maximum atomic E-state index is 14.3. The van der Waals surface area contributed by atoms with E-state index in [-0.39, 0.29) is 23.7 Å². The Bertz CT molecular complexity index is 1540. The highest BCUT2D eigenvalue weighted by Crippen LogP contribution is 2.39. The molecule has 3 aliphatic carbocycles. The molecule has 3 fully saturated rings. The molecule has 236 valence electrons. The molecule has 0 unspecified atom stereocenters. The van der Waals surface area contributed by atoms with Crippen LogP contribution in [0.1, 0.15) is 87.6 Å². The molecule has 6 rings (SSSR count). The number of benzene rings is 1. The van der Waals surface area contributed by atoms with Crippen molar-refractivity contribution in [2.24, 2.45) is 17.8 Å². The van der Waals surface area contributed by atoms with Gasteiger partial charge in [-0.05, 0) is 106 Å². The Balaban J connectivity index is 1.17. The molecule has 10 nitrogen and oxygen atoms in total. The van der Waals surface area contributed by atoms with Gasteiger partial charge in [0.25, 0.3) is 0 Å². The lowest BCUT2D eigenvalue weighted by Crippen LogP contribution is -2.42. The zero-order valence-electron chi connectivity index (χ0n) is 25.9. The van der Waals surface area contributed by atoms with E-state index < -0.39 is 6.09 Å². The Hall–Kier alpha value is -4.39. The van der Waals surface area contributed by atoms with Gasteiger partial charge in [-0.2, -0.15) is 10.4 Å². The van der Waals surface area contributed by atoms with Crippen molar-refractivity contribution in [2.45, 2.75) is 76.2 Å². The number of amides is 2. The number of hydrogen-bond donors (Lipinski definition) is 2. The van der Waals surface area contributed by atoms with E-state index in [0.717, 1.165) is 73.9 Å². The number of pyridine rings is 1. The molecule has 3 aliphatic rings. The molecule has 0 spiro atoms. The SMILES string of the molecule is COc1ccc(C2CCC(CN(C(=O)C3CCC(CNC(=O)O)CC3)c3cccc(-c4cnn(C5CC5)c4)c3)CC2)nc1C#N. The predicted molar refractivity (Wildman–Crippen MR) is 170 cm³/mol. The number of ether oxygens (including phenoxy) is 1. The number of methoxy groups -OCH3 is 1. The molecule has 45 heavy (non-hydrogen) atoms. The van der Waals surface area contributed by atoms with E-state index in [1.54, 1.807) is 7.11 Å². The summed E-state index contributed by atoms with van der Waals surface area (Å²) < 4.78 is 7.33. The monoisotopic (exact) mass is 610 g/mol. The van der Waals surface area contributed by atoms with E-state index >= 15 is 0 Å². The number of carboxylic acid groups (broad SMARTS) is 1. The molecule has 1 aromatic carbocycles. The molecule has 2 aromatic heterocycles. The Morgan fingerprint density at radius 2 is 1.78 bits per heavy atom. The molecule has 3 saturated carbocycles. The zero-order valence-corrected chi connectivity index (χ0v) is 25.9. The van der Waals surface area contributed by atoms with Crippen LogP contribution in [0.5, 0.6) is 5.75 Å². The highest BCUT2D eigenvalue weighted by Gasteiger charge is 2.33. The topological polar surface area (TPSA) is 133 Å². The summed E-state index contributed by atoms with van der Waals surface area (Å²) in [6.45, 7) is 1.11. The van der Waals surface area contributed by atoms with Crippen LogP contribution >= 0.6 is 0 Å². The molecular weight excluding hydrogens is 568 g/mol. The summed E-state index contributed by atoms with van der Waals surface area (Å²) in [5, 5.41) is 25.6. The average Bonchev–Trinajstić information content (AvgIpc) is 3.81. The number of rotatable bonds is 10. The molecule has 10 heteroatoms. The average molecular weight is 611 g/mol. The van der Waals surface area contributed by atoms with Gasteiger partial charge in [0.2, 0.25) is 5.91 Å². The largest absolute Gasteiger partial charge is 0.494 e. The fraction of sp³-hybridized carbons (Fsp3) is 0.514. The zero-order chi connectivity index (χ0) is 31.3. The number of aromatic nitrogens is 3. The number of carbonyl (C=O) groups excluding carboxylic acids is 1. The maximum absolute atomic E-state index is 14.3. The molecule has 2 amide bonds. The predicted octanol–water partition coefficient (Wildman–Crippen LogP) is 6.54. The Morgan fingerprint density at radius 1 is 1.02 bits per heavy atom. The first kappa shape index (κ1) is 30.6. The minimum atomic E-state index is -0.995. The quantitative estimate of drug-likeness (QED) is 0.266. The fourth-order valence-electron chi connectivity index (χ4n) is 7.10. The van der Waals surface area contributed by atoms with E-state index in [1.165, 1.54) is 12.8 Å². The van der Waals surface area contributed by atoms with Crippen molar-refractivity contribution < 1.29 is 19.4 Å². The molecule has 2 N–H and O–H groups in total. The van der Waals surface area contributed by atoms with Crippen LogP contribution in [0.25, 0.3) is 11.1 Å². The maximum Gasteiger partial charge on any atom is 0.404 e. The van der Waals surface area contributed by atoms with Crippen LogP contribution in [0.4, 0.5) is 10.5 Å². The molecule has 2 heterocycles. The molecule has 0 atom stereocenters. The summed E-state index contributed by atoms with van der Waals surface area (Å²) in [5.74, 6) is 1.51. The molecule has 0 aliphatic heterocycles. The van der Waals surface area contributed by atoms with Crippen LogP contribution in [0.2, 0.25) is 0 Å². The van der Waals surface area contributed by atoms with E-state index in [4.69, 9.17) is 9.84 Å². The smallest absolute Gasteiger partial charge is 0.404 e. The molecular formula is C35H42N6O4. The lowest BCUT2D eigenvalue weighted by molar-refractivity contribution is -0.123. The van der Waals surface area contributed by atoms with Gasteiger partial charge in [0.1, 0.15) is 6.07 Å². The third kappa shape index (κ3) is 7.30. The van der Waals surface area contributed by atoms with Crippen LogP contribution in [0.3, 0.4) is 0 Å². The highest BCUT2D eigenvalue weighted by molar-refractivity contribution is 5.95. The van der Waals surface area contributed by atoms with Gasteiger partial charge in [-0.25, -0.2) is 9.78 Å². The van der Waals surface area contributed by atoms with Crippen LogP contribution < -0.4 is 15.0 Å². The van der Waals surface area contributed by atoms with Crippen molar-refractivity contribution >= 4 is 17.7 Å². The van der Waals surface area contributed by atoms with Gasteiger partial charge >= 0.3 is 6.09 Å². The summed E-state index contributed by atoms with van der Waals surface area (Å²) in [5.41, 5.74) is 4.30. The highest BCUT2D eigenvalue weighted by atomic mass is 16.5. The van der Waals surface area contributed by atoms with Crippen molar-refractivity contribution in [3.05, 3.63) is 60.2 Å². The van der Waals surface area contributed by atoms with Crippen LogP contribution in [0.15, 0.2) is 48.8 Å². The summed E-state index contributed by atoms with van der Waals surface area (Å²) in [4.78, 5) is 31.9. The second kappa shape index (κ2) is 13.7. The van der Waals surface area contributed by atoms with Crippen LogP contribution in [-0.2, 0) is 4.79 Å². The normalized spacial score (nSPS) is 23.1.